The topological polar surface area (TPSA) is 72.2 Å². The molecule has 0 spiro atoms. The van der Waals surface area contributed by atoms with E-state index in [0.717, 1.165) is 30.8 Å². The average molecular weight is 274 g/mol. The highest BCUT2D eigenvalue weighted by atomic mass is 32.2. The van der Waals surface area contributed by atoms with E-state index in [0.29, 0.717) is 18.9 Å². The van der Waals surface area contributed by atoms with Crippen molar-refractivity contribution in [1.82, 2.24) is 5.32 Å². The second kappa shape index (κ2) is 7.89. The highest BCUT2D eigenvalue weighted by molar-refractivity contribution is 7.85. The Balaban J connectivity index is 2.29. The van der Waals surface area contributed by atoms with E-state index >= 15 is 0 Å². The summed E-state index contributed by atoms with van der Waals surface area (Å²) in [5.74, 6) is 2.39. The molecule has 0 aliphatic carbocycles. The van der Waals surface area contributed by atoms with Gasteiger partial charge < -0.3 is 11.1 Å². The first-order valence-electron chi connectivity index (χ1n) is 6.85. The average Bonchev–Trinajstić information content (AvgIpc) is 2.30. The molecule has 4 nitrogen and oxygen atoms in total. The van der Waals surface area contributed by atoms with Crippen LogP contribution in [0.5, 0.6) is 0 Å². The Morgan fingerprint density at radius 2 is 2.00 bits per heavy atom. The van der Waals surface area contributed by atoms with Crippen molar-refractivity contribution in [3.8, 4) is 0 Å². The van der Waals surface area contributed by atoms with E-state index in [1.807, 2.05) is 0 Å². The maximum atomic E-state index is 11.9. The van der Waals surface area contributed by atoms with E-state index in [1.165, 1.54) is 0 Å². The van der Waals surface area contributed by atoms with Gasteiger partial charge in [-0.15, -0.1) is 0 Å². The second-order valence-electron chi connectivity index (χ2n) is 5.63. The molecule has 0 radical (unpaired) electrons. The number of nitrogens with two attached hydrogens (primary N) is 1. The molecule has 1 rings (SSSR count). The van der Waals surface area contributed by atoms with Gasteiger partial charge in [0.25, 0.3) is 0 Å². The van der Waals surface area contributed by atoms with E-state index in [-0.39, 0.29) is 17.9 Å². The molecule has 0 aromatic rings. The van der Waals surface area contributed by atoms with Crippen LogP contribution in [0.15, 0.2) is 0 Å². The minimum atomic E-state index is -0.667. The zero-order chi connectivity index (χ0) is 13.5. The van der Waals surface area contributed by atoms with Gasteiger partial charge in [0.05, 0.1) is 0 Å². The largest absolute Gasteiger partial charge is 0.353 e. The van der Waals surface area contributed by atoms with E-state index < -0.39 is 10.8 Å². The molecule has 1 fully saturated rings. The number of carbonyl (C=O) groups is 1. The lowest BCUT2D eigenvalue weighted by molar-refractivity contribution is -0.122. The summed E-state index contributed by atoms with van der Waals surface area (Å²) in [6.45, 7) is 4.87. The molecule has 1 aliphatic heterocycles. The SMILES string of the molecule is CC(C)CC(CN)CC(=O)NC1CCS(=O)CC1. The zero-order valence-electron chi connectivity index (χ0n) is 11.5. The number of amides is 1. The molecule has 0 bridgehead atoms. The molecule has 5 heteroatoms. The van der Waals surface area contributed by atoms with Gasteiger partial charge in [-0.1, -0.05) is 13.8 Å². The molecule has 1 atom stereocenters. The summed E-state index contributed by atoms with van der Waals surface area (Å²) >= 11 is 0. The second-order valence-corrected chi connectivity index (χ2v) is 7.32. The first-order valence-corrected chi connectivity index (χ1v) is 8.34. The summed E-state index contributed by atoms with van der Waals surface area (Å²) in [4.78, 5) is 11.9. The first-order chi connectivity index (χ1) is 8.51. The van der Waals surface area contributed by atoms with Crippen LogP contribution in [0.25, 0.3) is 0 Å². The van der Waals surface area contributed by atoms with Crippen LogP contribution in [-0.4, -0.2) is 34.2 Å². The van der Waals surface area contributed by atoms with E-state index in [2.05, 4.69) is 19.2 Å². The van der Waals surface area contributed by atoms with Crippen LogP contribution in [0.1, 0.15) is 39.5 Å². The summed E-state index contributed by atoms with van der Waals surface area (Å²) in [6, 6.07) is 0.215. The Morgan fingerprint density at radius 1 is 1.39 bits per heavy atom. The van der Waals surface area contributed by atoms with E-state index in [9.17, 15) is 9.00 Å². The number of rotatable bonds is 6. The van der Waals surface area contributed by atoms with Gasteiger partial charge >= 0.3 is 0 Å². The third kappa shape index (κ3) is 5.96. The van der Waals surface area contributed by atoms with Gasteiger partial charge in [-0.25, -0.2) is 0 Å². The van der Waals surface area contributed by atoms with Crippen molar-refractivity contribution in [2.75, 3.05) is 18.1 Å². The van der Waals surface area contributed by atoms with Crippen LogP contribution in [0.2, 0.25) is 0 Å². The van der Waals surface area contributed by atoms with E-state index in [4.69, 9.17) is 5.73 Å². The number of hydrogen-bond donors (Lipinski definition) is 2. The normalized spacial score (nSPS) is 26.0. The van der Waals surface area contributed by atoms with Crippen LogP contribution in [-0.2, 0) is 15.6 Å². The fourth-order valence-corrected chi connectivity index (χ4v) is 3.72. The summed E-state index contributed by atoms with van der Waals surface area (Å²) in [7, 11) is -0.667. The molecule has 106 valence electrons. The maximum Gasteiger partial charge on any atom is 0.220 e. The number of carbonyl (C=O) groups excluding carboxylic acids is 1. The molecule has 1 amide bonds. The molecule has 0 saturated carbocycles. The van der Waals surface area contributed by atoms with Crippen LogP contribution in [0.3, 0.4) is 0 Å². The molecule has 18 heavy (non-hydrogen) atoms. The van der Waals surface area contributed by atoms with Gasteiger partial charge in [0.2, 0.25) is 5.91 Å². The van der Waals surface area contributed by atoms with Crippen molar-refractivity contribution in [2.24, 2.45) is 17.6 Å². The molecule has 1 aliphatic rings. The Hall–Kier alpha value is -0.420. The molecule has 1 heterocycles. The van der Waals surface area contributed by atoms with E-state index in [1.54, 1.807) is 0 Å². The highest BCUT2D eigenvalue weighted by Crippen LogP contribution is 2.15. The first kappa shape index (κ1) is 15.6. The van der Waals surface area contributed by atoms with Crippen LogP contribution in [0, 0.1) is 11.8 Å². The zero-order valence-corrected chi connectivity index (χ0v) is 12.3. The molecular formula is C13H26N2O2S. The number of hydrogen-bond acceptors (Lipinski definition) is 3. The van der Waals surface area contributed by atoms with Gasteiger partial charge in [0, 0.05) is 34.8 Å². The van der Waals surface area contributed by atoms with Gasteiger partial charge in [-0.2, -0.15) is 0 Å². The maximum absolute atomic E-state index is 11.9. The Bertz CT molecular complexity index is 285. The van der Waals surface area contributed by atoms with Crippen LogP contribution >= 0.6 is 0 Å². The molecule has 0 aromatic heterocycles. The predicted molar refractivity (Wildman–Crippen MR) is 75.7 cm³/mol. The molecule has 1 saturated heterocycles. The summed E-state index contributed by atoms with van der Waals surface area (Å²) in [6.07, 6.45) is 3.21. The predicted octanol–water partition coefficient (Wildman–Crippen LogP) is 1.02. The minimum absolute atomic E-state index is 0.101. The van der Waals surface area contributed by atoms with Gasteiger partial charge in [0.15, 0.2) is 0 Å². The Morgan fingerprint density at radius 3 is 2.50 bits per heavy atom. The van der Waals surface area contributed by atoms with Crippen LogP contribution < -0.4 is 11.1 Å². The van der Waals surface area contributed by atoms with Crippen molar-refractivity contribution in [2.45, 2.75) is 45.6 Å². The van der Waals surface area contributed by atoms with Gasteiger partial charge in [0.1, 0.15) is 0 Å². The minimum Gasteiger partial charge on any atom is -0.353 e. The third-order valence-electron chi connectivity index (χ3n) is 3.37. The molecule has 3 N–H and O–H groups in total. The smallest absolute Gasteiger partial charge is 0.220 e. The van der Waals surface area contributed by atoms with Gasteiger partial charge in [-0.05, 0) is 37.6 Å². The fraction of sp³-hybridized carbons (Fsp3) is 0.923. The number of nitrogens with one attached hydrogen (secondary N) is 1. The molecule has 1 unspecified atom stereocenters. The summed E-state index contributed by atoms with van der Waals surface area (Å²) < 4.78 is 11.2. The summed E-state index contributed by atoms with van der Waals surface area (Å²) in [5.41, 5.74) is 5.70. The third-order valence-corrected chi connectivity index (χ3v) is 4.75. The Kier molecular flexibility index (Phi) is 6.86. The summed E-state index contributed by atoms with van der Waals surface area (Å²) in [5, 5.41) is 3.05. The van der Waals surface area contributed by atoms with Crippen molar-refractivity contribution >= 4 is 16.7 Å². The lowest BCUT2D eigenvalue weighted by Gasteiger charge is -2.24. The van der Waals surface area contributed by atoms with Crippen molar-refractivity contribution in [3.63, 3.8) is 0 Å². The van der Waals surface area contributed by atoms with Gasteiger partial charge in [-0.3, -0.25) is 9.00 Å². The van der Waals surface area contributed by atoms with Crippen LogP contribution in [0.4, 0.5) is 0 Å². The fourth-order valence-electron chi connectivity index (χ4n) is 2.42. The highest BCUT2D eigenvalue weighted by Gasteiger charge is 2.21. The molecule has 0 aromatic carbocycles. The standard InChI is InChI=1S/C13H26N2O2S/c1-10(2)7-11(9-14)8-13(16)15-12-3-5-18(17)6-4-12/h10-12H,3-9,14H2,1-2H3,(H,15,16). The lowest BCUT2D eigenvalue weighted by Crippen LogP contribution is -2.40. The monoisotopic (exact) mass is 274 g/mol. The molecular weight excluding hydrogens is 248 g/mol. The lowest BCUT2D eigenvalue weighted by atomic mass is 9.94. The van der Waals surface area contributed by atoms with Crippen molar-refractivity contribution in [1.29, 1.82) is 0 Å². The van der Waals surface area contributed by atoms with Crippen molar-refractivity contribution < 1.29 is 9.00 Å². The quantitative estimate of drug-likeness (QED) is 0.760. The Labute approximate surface area is 113 Å². The van der Waals surface area contributed by atoms with Crippen molar-refractivity contribution in [3.05, 3.63) is 0 Å².